The van der Waals surface area contributed by atoms with Crippen LogP contribution in [0.1, 0.15) is 58.6 Å². The van der Waals surface area contributed by atoms with Crippen LogP contribution >= 0.6 is 23.2 Å². The minimum atomic E-state index is -4.58. The lowest BCUT2D eigenvalue weighted by Crippen LogP contribution is -2.22. The maximum Gasteiger partial charge on any atom is 0.416 e. The summed E-state index contributed by atoms with van der Waals surface area (Å²) in [4.78, 5) is 15.8. The number of nitrogens with zero attached hydrogens (tertiary/aromatic N) is 1. The third-order valence-corrected chi connectivity index (χ3v) is 6.42. The van der Waals surface area contributed by atoms with Gasteiger partial charge in [0.25, 0.3) is 0 Å². The van der Waals surface area contributed by atoms with Crippen LogP contribution in [-0.4, -0.2) is 17.4 Å². The number of aromatic nitrogens is 1. The summed E-state index contributed by atoms with van der Waals surface area (Å²) in [6, 6.07) is 3.66. The summed E-state index contributed by atoms with van der Waals surface area (Å²) in [6.45, 7) is 2.61. The lowest BCUT2D eigenvalue weighted by atomic mass is 9.78. The van der Waals surface area contributed by atoms with Gasteiger partial charge in [0.05, 0.1) is 21.2 Å². The number of benzene rings is 1. The lowest BCUT2D eigenvalue weighted by Gasteiger charge is -2.30. The molecule has 0 radical (unpaired) electrons. The molecule has 9 heteroatoms. The van der Waals surface area contributed by atoms with Gasteiger partial charge in [-0.15, -0.1) is 0 Å². The monoisotopic (exact) mass is 459 g/mol. The molecule has 162 valence electrons. The first-order valence-corrected chi connectivity index (χ1v) is 10.4. The summed E-state index contributed by atoms with van der Waals surface area (Å²) in [5.74, 6) is -0.00805. The number of aryl methyl sites for hydroxylation is 1. The van der Waals surface area contributed by atoms with Gasteiger partial charge in [-0.2, -0.15) is 13.2 Å². The van der Waals surface area contributed by atoms with Crippen LogP contribution in [0.4, 0.5) is 19.0 Å². The van der Waals surface area contributed by atoms with E-state index < -0.39 is 17.6 Å². The van der Waals surface area contributed by atoms with Crippen LogP contribution in [0.2, 0.25) is 10.0 Å². The molecule has 0 unspecified atom stereocenters. The Balaban J connectivity index is 1.69. The van der Waals surface area contributed by atoms with E-state index in [0.29, 0.717) is 35.9 Å². The number of amides is 1. The normalized spacial score (nSPS) is 19.5. The highest BCUT2D eigenvalue weighted by atomic mass is 35.5. The van der Waals surface area contributed by atoms with E-state index >= 15 is 0 Å². The van der Waals surface area contributed by atoms with Crippen molar-refractivity contribution < 1.29 is 18.0 Å². The van der Waals surface area contributed by atoms with Crippen molar-refractivity contribution in [2.45, 2.75) is 44.7 Å². The van der Waals surface area contributed by atoms with Gasteiger partial charge in [0.15, 0.2) is 0 Å². The highest BCUT2D eigenvalue weighted by Crippen LogP contribution is 2.42. The Bertz CT molecular complexity index is 942. The molecular formula is C21H22Cl2F3N3O. The Labute approximate surface area is 183 Å². The molecule has 30 heavy (non-hydrogen) atoms. The standard InChI is InChI=1S/C21H22Cl2F3N3O/c1-11-6-18(29-10-17(11)22)28-9-12-2-4-13(5-3-12)15-7-14(21(24,25)26)8-16(19(15)23)20(27)30/h6-8,10,12-13H,2-5,9H2,1H3,(H2,27,30)(H,28,29). The largest absolute Gasteiger partial charge is 0.416 e. The molecule has 0 bridgehead atoms. The van der Waals surface area contributed by atoms with E-state index in [9.17, 15) is 18.0 Å². The zero-order valence-electron chi connectivity index (χ0n) is 16.3. The number of primary amides is 1. The molecule has 1 aromatic carbocycles. The first-order valence-electron chi connectivity index (χ1n) is 9.62. The Morgan fingerprint density at radius 1 is 1.20 bits per heavy atom. The van der Waals surface area contributed by atoms with Crippen LogP contribution in [0.15, 0.2) is 24.4 Å². The first-order chi connectivity index (χ1) is 14.1. The number of anilines is 1. The van der Waals surface area contributed by atoms with E-state index in [4.69, 9.17) is 28.9 Å². The fourth-order valence-electron chi connectivity index (χ4n) is 3.85. The molecule has 4 nitrogen and oxygen atoms in total. The van der Waals surface area contributed by atoms with Crippen LogP contribution in [0.3, 0.4) is 0 Å². The molecule has 1 saturated carbocycles. The fourth-order valence-corrected chi connectivity index (χ4v) is 4.31. The van der Waals surface area contributed by atoms with Crippen LogP contribution in [-0.2, 0) is 6.18 Å². The Hall–Kier alpha value is -1.99. The van der Waals surface area contributed by atoms with Gasteiger partial charge in [-0.25, -0.2) is 4.98 Å². The van der Waals surface area contributed by atoms with Crippen molar-refractivity contribution in [1.29, 1.82) is 0 Å². The third-order valence-electron chi connectivity index (χ3n) is 5.60. The molecule has 3 rings (SSSR count). The molecule has 0 aliphatic heterocycles. The number of hydrogen-bond donors (Lipinski definition) is 2. The molecule has 2 aromatic rings. The summed E-state index contributed by atoms with van der Waals surface area (Å²) in [6.07, 6.45) is 0.0270. The van der Waals surface area contributed by atoms with E-state index in [0.717, 1.165) is 36.4 Å². The third kappa shape index (κ3) is 5.19. The van der Waals surface area contributed by atoms with Crippen molar-refractivity contribution in [2.75, 3.05) is 11.9 Å². The number of carbonyl (C=O) groups is 1. The summed E-state index contributed by atoms with van der Waals surface area (Å²) < 4.78 is 39.8. The topological polar surface area (TPSA) is 68.0 Å². The van der Waals surface area contributed by atoms with Crippen LogP contribution in [0.25, 0.3) is 0 Å². The maximum atomic E-state index is 13.3. The summed E-state index contributed by atoms with van der Waals surface area (Å²) in [7, 11) is 0. The molecule has 1 fully saturated rings. The molecule has 1 aromatic heterocycles. The predicted molar refractivity (Wildman–Crippen MR) is 112 cm³/mol. The molecule has 1 heterocycles. The zero-order chi connectivity index (χ0) is 22.1. The number of carbonyl (C=O) groups excluding carboxylic acids is 1. The summed E-state index contributed by atoms with van der Waals surface area (Å²) in [5, 5.41) is 3.93. The van der Waals surface area contributed by atoms with E-state index in [-0.39, 0.29) is 16.5 Å². The van der Waals surface area contributed by atoms with E-state index in [2.05, 4.69) is 10.3 Å². The molecule has 0 atom stereocenters. The predicted octanol–water partition coefficient (Wildman–Crippen LogP) is 6.20. The number of nitrogens with one attached hydrogen (secondary N) is 1. The number of halogens is 5. The Morgan fingerprint density at radius 3 is 2.43 bits per heavy atom. The summed E-state index contributed by atoms with van der Waals surface area (Å²) in [5.41, 5.74) is 5.35. The second-order valence-electron chi connectivity index (χ2n) is 7.71. The number of hydrogen-bond acceptors (Lipinski definition) is 3. The van der Waals surface area contributed by atoms with Crippen molar-refractivity contribution in [1.82, 2.24) is 4.98 Å². The average molecular weight is 460 g/mol. The Kier molecular flexibility index (Phi) is 6.82. The molecule has 1 aliphatic carbocycles. The van der Waals surface area contributed by atoms with Gasteiger partial charge < -0.3 is 11.1 Å². The highest BCUT2D eigenvalue weighted by Gasteiger charge is 2.34. The van der Waals surface area contributed by atoms with Gasteiger partial charge >= 0.3 is 6.18 Å². The van der Waals surface area contributed by atoms with E-state index in [1.807, 2.05) is 13.0 Å². The molecule has 3 N–H and O–H groups in total. The lowest BCUT2D eigenvalue weighted by molar-refractivity contribution is -0.137. The molecular weight excluding hydrogens is 438 g/mol. The van der Waals surface area contributed by atoms with Gasteiger partial charge in [0, 0.05) is 12.7 Å². The quantitative estimate of drug-likeness (QED) is 0.558. The van der Waals surface area contributed by atoms with Gasteiger partial charge in [-0.05, 0) is 73.8 Å². The Morgan fingerprint density at radius 2 is 1.87 bits per heavy atom. The number of nitrogens with two attached hydrogens (primary N) is 1. The minimum Gasteiger partial charge on any atom is -0.370 e. The molecule has 0 saturated heterocycles. The first kappa shape index (κ1) is 22.7. The number of pyridine rings is 1. The van der Waals surface area contributed by atoms with Crippen LogP contribution < -0.4 is 11.1 Å². The van der Waals surface area contributed by atoms with Gasteiger partial charge in [0.1, 0.15) is 5.82 Å². The second kappa shape index (κ2) is 9.02. The van der Waals surface area contributed by atoms with Gasteiger partial charge in [0.2, 0.25) is 5.91 Å². The van der Waals surface area contributed by atoms with Crippen molar-refractivity contribution in [3.05, 3.63) is 56.7 Å². The molecule has 1 amide bonds. The van der Waals surface area contributed by atoms with Gasteiger partial charge in [-0.1, -0.05) is 23.2 Å². The minimum absolute atomic E-state index is 0.0258. The van der Waals surface area contributed by atoms with Crippen molar-refractivity contribution in [2.24, 2.45) is 11.7 Å². The van der Waals surface area contributed by atoms with E-state index in [1.165, 1.54) is 0 Å². The maximum absolute atomic E-state index is 13.3. The molecule has 1 aliphatic rings. The fraction of sp³-hybridized carbons (Fsp3) is 0.429. The number of alkyl halides is 3. The van der Waals surface area contributed by atoms with Crippen molar-refractivity contribution >= 4 is 34.9 Å². The van der Waals surface area contributed by atoms with Crippen molar-refractivity contribution in [3.63, 3.8) is 0 Å². The van der Waals surface area contributed by atoms with Gasteiger partial charge in [-0.3, -0.25) is 4.79 Å². The summed E-state index contributed by atoms with van der Waals surface area (Å²) >= 11 is 12.3. The zero-order valence-corrected chi connectivity index (χ0v) is 17.8. The van der Waals surface area contributed by atoms with Crippen LogP contribution in [0, 0.1) is 12.8 Å². The smallest absolute Gasteiger partial charge is 0.370 e. The molecule has 0 spiro atoms. The average Bonchev–Trinajstić information content (AvgIpc) is 2.68. The van der Waals surface area contributed by atoms with E-state index in [1.54, 1.807) is 6.20 Å². The second-order valence-corrected chi connectivity index (χ2v) is 8.49. The van der Waals surface area contributed by atoms with Crippen molar-refractivity contribution in [3.8, 4) is 0 Å². The SMILES string of the molecule is Cc1cc(NCC2CCC(c3cc(C(F)(F)F)cc(C(N)=O)c3Cl)CC2)ncc1Cl. The van der Waals surface area contributed by atoms with Crippen LogP contribution in [0.5, 0.6) is 0 Å². The number of rotatable bonds is 5. The highest BCUT2D eigenvalue weighted by molar-refractivity contribution is 6.34.